The number of aliphatic hydroxyl groups is 2. The first kappa shape index (κ1) is 32.2. The monoisotopic (exact) mass is 494 g/mol. The van der Waals surface area contributed by atoms with Gasteiger partial charge in [0.25, 0.3) is 0 Å². The number of aliphatic hydroxyl groups excluding tert-OH is 1. The minimum absolute atomic E-state index is 0.0893. The second-order valence-electron chi connectivity index (χ2n) is 11.6. The second-order valence-corrected chi connectivity index (χ2v) is 11.6. The smallest absolute Gasteiger partial charge is 0.333 e. The van der Waals surface area contributed by atoms with Crippen molar-refractivity contribution >= 4 is 5.97 Å². The predicted molar refractivity (Wildman–Crippen MR) is 147 cm³/mol. The van der Waals surface area contributed by atoms with Crippen LogP contribution in [0.3, 0.4) is 0 Å². The lowest BCUT2D eigenvalue weighted by Crippen LogP contribution is -2.36. The summed E-state index contributed by atoms with van der Waals surface area (Å²) in [6, 6.07) is 0. The Morgan fingerprint density at radius 1 is 0.857 bits per heavy atom. The molecule has 0 amide bonds. The van der Waals surface area contributed by atoms with Crippen LogP contribution in [0.1, 0.15) is 137 Å². The fourth-order valence-corrected chi connectivity index (χ4v) is 5.88. The largest absolute Gasteiger partial charge is 0.459 e. The van der Waals surface area contributed by atoms with Crippen LogP contribution in [-0.4, -0.2) is 35.0 Å². The number of esters is 1. The van der Waals surface area contributed by atoms with E-state index in [4.69, 9.17) is 9.84 Å². The molecule has 1 unspecified atom stereocenters. The van der Waals surface area contributed by atoms with Crippen LogP contribution < -0.4 is 0 Å². The van der Waals surface area contributed by atoms with Gasteiger partial charge < -0.3 is 14.9 Å². The molecule has 0 aromatic heterocycles. The maximum Gasteiger partial charge on any atom is 0.333 e. The molecular formula is C31H58O4. The average Bonchev–Trinajstić information content (AvgIpc) is 2.88. The lowest BCUT2D eigenvalue weighted by atomic mass is 9.68. The lowest BCUT2D eigenvalue weighted by molar-refractivity contribution is -0.147. The van der Waals surface area contributed by atoms with E-state index < -0.39 is 11.6 Å². The molecule has 0 spiro atoms. The number of carbonyl (C=O) groups is 1. The molecule has 2 rings (SSSR count). The molecule has 0 aliphatic heterocycles. The zero-order valence-corrected chi connectivity index (χ0v) is 23.7. The van der Waals surface area contributed by atoms with Gasteiger partial charge in [-0.25, -0.2) is 4.79 Å². The standard InChI is InChI=1S/C27H48O3.C4H10O/c1-5-7-8-9-22-10-14-24(15-11-22)25-16-12-23(13-17-25)18-19-27(29,6-2)20-30-26(28)21(3)4;1-2-3-4-5/h22-25,29H,3,5-20H2,1-2,4H3;5H,2-4H2,1H3. The zero-order chi connectivity index (χ0) is 26.1. The highest BCUT2D eigenvalue weighted by molar-refractivity contribution is 5.86. The number of hydrogen-bond donors (Lipinski definition) is 2. The topological polar surface area (TPSA) is 66.8 Å². The molecule has 0 radical (unpaired) electrons. The van der Waals surface area contributed by atoms with E-state index in [1.165, 1.54) is 77.0 Å². The summed E-state index contributed by atoms with van der Waals surface area (Å²) in [5.74, 6) is 3.25. The zero-order valence-electron chi connectivity index (χ0n) is 23.7. The van der Waals surface area contributed by atoms with Crippen molar-refractivity contribution in [3.8, 4) is 0 Å². The van der Waals surface area contributed by atoms with E-state index in [-0.39, 0.29) is 6.61 Å². The molecule has 0 heterocycles. The Morgan fingerprint density at radius 3 is 1.77 bits per heavy atom. The van der Waals surface area contributed by atoms with E-state index in [2.05, 4.69) is 20.4 Å². The Bertz CT molecular complexity index is 556. The molecule has 0 aromatic carbocycles. The highest BCUT2D eigenvalue weighted by Crippen LogP contribution is 2.43. The van der Waals surface area contributed by atoms with Crippen molar-refractivity contribution in [2.45, 2.75) is 142 Å². The first-order valence-electron chi connectivity index (χ1n) is 14.9. The van der Waals surface area contributed by atoms with Crippen LogP contribution >= 0.6 is 0 Å². The summed E-state index contributed by atoms with van der Waals surface area (Å²) in [6.45, 7) is 12.0. The van der Waals surface area contributed by atoms with Gasteiger partial charge in [-0.3, -0.25) is 0 Å². The highest BCUT2D eigenvalue weighted by atomic mass is 16.5. The van der Waals surface area contributed by atoms with Gasteiger partial charge in [0.05, 0.1) is 5.60 Å². The van der Waals surface area contributed by atoms with Crippen LogP contribution in [0, 0.1) is 23.7 Å². The third-order valence-corrected chi connectivity index (χ3v) is 8.67. The third-order valence-electron chi connectivity index (χ3n) is 8.67. The Labute approximate surface area is 217 Å². The summed E-state index contributed by atoms with van der Waals surface area (Å²) < 4.78 is 5.25. The molecule has 0 saturated heterocycles. The van der Waals surface area contributed by atoms with E-state index in [0.717, 1.165) is 49.4 Å². The van der Waals surface area contributed by atoms with Gasteiger partial charge in [0.1, 0.15) is 6.61 Å². The normalized spacial score (nSPS) is 26.2. The van der Waals surface area contributed by atoms with Gasteiger partial charge in [0, 0.05) is 12.2 Å². The van der Waals surface area contributed by atoms with Crippen LogP contribution in [0.2, 0.25) is 0 Å². The minimum atomic E-state index is -0.891. The average molecular weight is 495 g/mol. The van der Waals surface area contributed by atoms with Gasteiger partial charge >= 0.3 is 5.97 Å². The van der Waals surface area contributed by atoms with E-state index in [0.29, 0.717) is 18.6 Å². The summed E-state index contributed by atoms with van der Waals surface area (Å²) in [6.07, 6.45) is 21.4. The minimum Gasteiger partial charge on any atom is -0.459 e. The Morgan fingerprint density at radius 2 is 1.37 bits per heavy atom. The molecule has 2 aliphatic carbocycles. The maximum absolute atomic E-state index is 11.7. The van der Waals surface area contributed by atoms with Gasteiger partial charge in [0.2, 0.25) is 0 Å². The number of rotatable bonds is 14. The molecule has 2 fully saturated rings. The van der Waals surface area contributed by atoms with Gasteiger partial charge in [-0.1, -0.05) is 85.1 Å². The van der Waals surface area contributed by atoms with E-state index in [9.17, 15) is 9.90 Å². The van der Waals surface area contributed by atoms with Crippen molar-refractivity contribution in [3.63, 3.8) is 0 Å². The summed E-state index contributed by atoms with van der Waals surface area (Å²) in [5, 5.41) is 18.9. The van der Waals surface area contributed by atoms with Crippen LogP contribution in [0.5, 0.6) is 0 Å². The molecule has 4 heteroatoms. The fourth-order valence-electron chi connectivity index (χ4n) is 5.88. The van der Waals surface area contributed by atoms with Crippen molar-refractivity contribution in [3.05, 3.63) is 12.2 Å². The van der Waals surface area contributed by atoms with Crippen molar-refractivity contribution in [1.29, 1.82) is 0 Å². The van der Waals surface area contributed by atoms with Gasteiger partial charge in [0.15, 0.2) is 0 Å². The van der Waals surface area contributed by atoms with E-state index in [1.807, 2.05) is 6.92 Å². The summed E-state index contributed by atoms with van der Waals surface area (Å²) >= 11 is 0. The first-order chi connectivity index (χ1) is 16.8. The molecule has 35 heavy (non-hydrogen) atoms. The van der Waals surface area contributed by atoms with E-state index >= 15 is 0 Å². The maximum atomic E-state index is 11.7. The molecule has 0 aromatic rings. The number of ether oxygens (including phenoxy) is 1. The molecule has 1 atom stereocenters. The molecular weight excluding hydrogens is 436 g/mol. The summed E-state index contributed by atoms with van der Waals surface area (Å²) in [7, 11) is 0. The Balaban J connectivity index is 0.00000111. The molecule has 2 N–H and O–H groups in total. The number of unbranched alkanes of at least 4 members (excludes halogenated alkanes) is 3. The van der Waals surface area contributed by atoms with Crippen LogP contribution in [0.15, 0.2) is 12.2 Å². The third kappa shape index (κ3) is 13.3. The number of hydrogen-bond acceptors (Lipinski definition) is 4. The molecule has 206 valence electrons. The fraction of sp³-hybridized carbons (Fsp3) is 0.903. The molecule has 2 saturated carbocycles. The number of carbonyl (C=O) groups excluding carboxylic acids is 1. The quantitative estimate of drug-likeness (QED) is 0.146. The van der Waals surface area contributed by atoms with Gasteiger partial charge in [-0.15, -0.1) is 0 Å². The van der Waals surface area contributed by atoms with Crippen molar-refractivity contribution in [2.75, 3.05) is 13.2 Å². The lowest BCUT2D eigenvalue weighted by Gasteiger charge is -2.38. The molecule has 4 nitrogen and oxygen atoms in total. The van der Waals surface area contributed by atoms with Crippen LogP contribution in [0.4, 0.5) is 0 Å². The van der Waals surface area contributed by atoms with Crippen LogP contribution in [-0.2, 0) is 9.53 Å². The summed E-state index contributed by atoms with van der Waals surface area (Å²) in [4.78, 5) is 11.7. The van der Waals surface area contributed by atoms with Crippen molar-refractivity contribution < 1.29 is 19.7 Å². The van der Waals surface area contributed by atoms with Gasteiger partial charge in [-0.05, 0) is 82.0 Å². The Hall–Kier alpha value is -0.870. The molecule has 0 bridgehead atoms. The van der Waals surface area contributed by atoms with Crippen LogP contribution in [0.25, 0.3) is 0 Å². The van der Waals surface area contributed by atoms with Crippen molar-refractivity contribution in [1.82, 2.24) is 0 Å². The van der Waals surface area contributed by atoms with Gasteiger partial charge in [-0.2, -0.15) is 0 Å². The van der Waals surface area contributed by atoms with E-state index in [1.54, 1.807) is 6.92 Å². The second kappa shape index (κ2) is 18.4. The van der Waals surface area contributed by atoms with Crippen molar-refractivity contribution in [2.24, 2.45) is 23.7 Å². The first-order valence-corrected chi connectivity index (χ1v) is 14.9. The summed E-state index contributed by atoms with van der Waals surface area (Å²) in [5.41, 5.74) is -0.500. The Kier molecular flexibility index (Phi) is 16.9. The molecule has 2 aliphatic rings. The SMILES string of the molecule is C=C(C)C(=O)OCC(O)(CC)CCC1CCC(C2CCC(CCCCC)CC2)CC1.CCCCO. The predicted octanol–water partition coefficient (Wildman–Crippen LogP) is 8.00. The highest BCUT2D eigenvalue weighted by Gasteiger charge is 2.33.